The molecular formula is C19H21N3O4. The van der Waals surface area contributed by atoms with Crippen molar-refractivity contribution < 1.29 is 14.5 Å². The first-order chi connectivity index (χ1) is 12.5. The number of morpholine rings is 1. The first kappa shape index (κ1) is 18.0. The lowest BCUT2D eigenvalue weighted by atomic mass is 10.0. The average molecular weight is 355 g/mol. The largest absolute Gasteiger partial charge is 0.379 e. The number of nitro groups is 1. The zero-order valence-electron chi connectivity index (χ0n) is 14.6. The highest BCUT2D eigenvalue weighted by atomic mass is 16.6. The Morgan fingerprint density at radius 2 is 1.88 bits per heavy atom. The fourth-order valence-corrected chi connectivity index (χ4v) is 3.02. The summed E-state index contributed by atoms with van der Waals surface area (Å²) in [5.41, 5.74) is 2.38. The molecule has 1 fully saturated rings. The van der Waals surface area contributed by atoms with Crippen LogP contribution in [0.25, 0.3) is 0 Å². The third-order valence-electron chi connectivity index (χ3n) is 4.38. The predicted octanol–water partition coefficient (Wildman–Crippen LogP) is 2.92. The summed E-state index contributed by atoms with van der Waals surface area (Å²) in [4.78, 5) is 25.7. The number of anilines is 1. The van der Waals surface area contributed by atoms with Crippen molar-refractivity contribution in [3.05, 3.63) is 69.8 Å². The third kappa shape index (κ3) is 4.25. The Hall–Kier alpha value is -2.77. The van der Waals surface area contributed by atoms with Crippen LogP contribution in [0.1, 0.15) is 17.2 Å². The van der Waals surface area contributed by atoms with Crippen LogP contribution in [0.2, 0.25) is 0 Å². The van der Waals surface area contributed by atoms with Gasteiger partial charge in [-0.1, -0.05) is 29.8 Å². The van der Waals surface area contributed by atoms with Crippen molar-refractivity contribution in [2.24, 2.45) is 0 Å². The third-order valence-corrected chi connectivity index (χ3v) is 4.38. The Balaban J connectivity index is 1.89. The molecule has 1 N–H and O–H groups in total. The van der Waals surface area contributed by atoms with Gasteiger partial charge in [0.05, 0.1) is 18.1 Å². The van der Waals surface area contributed by atoms with Crippen LogP contribution in [0.15, 0.2) is 48.5 Å². The van der Waals surface area contributed by atoms with Gasteiger partial charge in [0.25, 0.3) is 5.69 Å². The van der Waals surface area contributed by atoms with E-state index in [2.05, 4.69) is 5.32 Å². The normalized spacial score (nSPS) is 16.0. The second-order valence-electron chi connectivity index (χ2n) is 6.26. The van der Waals surface area contributed by atoms with Crippen molar-refractivity contribution >= 4 is 17.3 Å². The van der Waals surface area contributed by atoms with Crippen LogP contribution in [0.4, 0.5) is 11.4 Å². The molecular weight excluding hydrogens is 334 g/mol. The Bertz CT molecular complexity index is 786. The highest BCUT2D eigenvalue weighted by Gasteiger charge is 2.30. The minimum Gasteiger partial charge on any atom is -0.379 e. The number of nitrogens with one attached hydrogen (secondary N) is 1. The standard InChI is InChI=1S/C19H21N3O4/c1-14-5-7-16(8-6-14)20-19(23)18(21-9-11-26-12-10-21)15-3-2-4-17(13-15)22(24)25/h2-8,13,18H,9-12H2,1H3,(H,20,23)/t18-/m1/s1. The zero-order valence-corrected chi connectivity index (χ0v) is 14.6. The highest BCUT2D eigenvalue weighted by Crippen LogP contribution is 2.27. The molecule has 0 aliphatic carbocycles. The van der Waals surface area contributed by atoms with Crippen LogP contribution >= 0.6 is 0 Å². The number of nitrogens with zero attached hydrogens (tertiary/aromatic N) is 2. The van der Waals surface area contributed by atoms with E-state index >= 15 is 0 Å². The molecule has 0 bridgehead atoms. The number of non-ortho nitro benzene ring substituents is 1. The zero-order chi connectivity index (χ0) is 18.5. The number of carbonyl (C=O) groups is 1. The molecule has 0 radical (unpaired) electrons. The van der Waals surface area contributed by atoms with Crippen LogP contribution in [0.3, 0.4) is 0 Å². The van der Waals surface area contributed by atoms with Gasteiger partial charge in [0.2, 0.25) is 5.91 Å². The minimum absolute atomic E-state index is 0.0242. The van der Waals surface area contributed by atoms with E-state index in [0.29, 0.717) is 37.6 Å². The van der Waals surface area contributed by atoms with Gasteiger partial charge in [-0.25, -0.2) is 0 Å². The van der Waals surface area contributed by atoms with Gasteiger partial charge in [-0.15, -0.1) is 0 Å². The molecule has 0 unspecified atom stereocenters. The summed E-state index contributed by atoms with van der Waals surface area (Å²) in [6.45, 7) is 4.22. The maximum Gasteiger partial charge on any atom is 0.269 e. The van der Waals surface area contributed by atoms with Crippen molar-refractivity contribution in [2.45, 2.75) is 13.0 Å². The smallest absolute Gasteiger partial charge is 0.269 e. The van der Waals surface area contributed by atoms with Gasteiger partial charge in [0.1, 0.15) is 6.04 Å². The molecule has 3 rings (SSSR count). The summed E-state index contributed by atoms with van der Waals surface area (Å²) >= 11 is 0. The number of amides is 1. The number of aryl methyl sites for hydroxylation is 1. The lowest BCUT2D eigenvalue weighted by Gasteiger charge is -2.33. The highest BCUT2D eigenvalue weighted by molar-refractivity contribution is 5.95. The van der Waals surface area contributed by atoms with Gasteiger partial charge in [-0.2, -0.15) is 0 Å². The van der Waals surface area contributed by atoms with E-state index < -0.39 is 11.0 Å². The van der Waals surface area contributed by atoms with Crippen molar-refractivity contribution in [2.75, 3.05) is 31.6 Å². The monoisotopic (exact) mass is 355 g/mol. The van der Waals surface area contributed by atoms with E-state index in [1.54, 1.807) is 12.1 Å². The van der Waals surface area contributed by atoms with Crippen LogP contribution in [-0.4, -0.2) is 42.0 Å². The number of carbonyl (C=O) groups excluding carboxylic acids is 1. The summed E-state index contributed by atoms with van der Waals surface area (Å²) in [6, 6.07) is 13.2. The number of hydrogen-bond acceptors (Lipinski definition) is 5. The van der Waals surface area contributed by atoms with Crippen LogP contribution < -0.4 is 5.32 Å². The van der Waals surface area contributed by atoms with Gasteiger partial charge in [0.15, 0.2) is 0 Å². The van der Waals surface area contributed by atoms with Gasteiger partial charge >= 0.3 is 0 Å². The molecule has 0 spiro atoms. The van der Waals surface area contributed by atoms with E-state index in [1.807, 2.05) is 36.1 Å². The van der Waals surface area contributed by atoms with Crippen LogP contribution in [0.5, 0.6) is 0 Å². The molecule has 26 heavy (non-hydrogen) atoms. The molecule has 1 atom stereocenters. The van der Waals surface area contributed by atoms with E-state index in [-0.39, 0.29) is 11.6 Å². The molecule has 2 aromatic carbocycles. The molecule has 1 saturated heterocycles. The van der Waals surface area contributed by atoms with Gasteiger partial charge in [0, 0.05) is 30.9 Å². The molecule has 2 aromatic rings. The van der Waals surface area contributed by atoms with E-state index in [0.717, 1.165) is 5.56 Å². The van der Waals surface area contributed by atoms with Gasteiger partial charge in [-0.3, -0.25) is 19.8 Å². The first-order valence-corrected chi connectivity index (χ1v) is 8.48. The second-order valence-corrected chi connectivity index (χ2v) is 6.26. The fraction of sp³-hybridized carbons (Fsp3) is 0.316. The van der Waals surface area contributed by atoms with E-state index in [4.69, 9.17) is 4.74 Å². The molecule has 1 aliphatic heterocycles. The minimum atomic E-state index is -0.611. The second kappa shape index (κ2) is 8.07. The van der Waals surface area contributed by atoms with Crippen molar-refractivity contribution in [3.63, 3.8) is 0 Å². The molecule has 136 valence electrons. The summed E-state index contributed by atoms with van der Waals surface area (Å²) in [7, 11) is 0. The lowest BCUT2D eigenvalue weighted by Crippen LogP contribution is -2.43. The summed E-state index contributed by atoms with van der Waals surface area (Å²) in [5.74, 6) is -0.212. The number of ether oxygens (including phenoxy) is 1. The first-order valence-electron chi connectivity index (χ1n) is 8.48. The SMILES string of the molecule is Cc1ccc(NC(=O)[C@@H](c2cccc([N+](=O)[O-])c2)N2CCOCC2)cc1. The van der Waals surface area contributed by atoms with Crippen molar-refractivity contribution in [3.8, 4) is 0 Å². The van der Waals surface area contributed by atoms with E-state index in [9.17, 15) is 14.9 Å². The molecule has 7 nitrogen and oxygen atoms in total. The Kier molecular flexibility index (Phi) is 5.60. The van der Waals surface area contributed by atoms with Crippen LogP contribution in [-0.2, 0) is 9.53 Å². The predicted molar refractivity (Wildman–Crippen MR) is 98.0 cm³/mol. The summed E-state index contributed by atoms with van der Waals surface area (Å²) < 4.78 is 5.38. The number of nitro benzene ring substituents is 1. The van der Waals surface area contributed by atoms with Crippen molar-refractivity contribution in [1.82, 2.24) is 4.90 Å². The number of hydrogen-bond donors (Lipinski definition) is 1. The van der Waals surface area contributed by atoms with E-state index in [1.165, 1.54) is 12.1 Å². The molecule has 1 amide bonds. The summed E-state index contributed by atoms with van der Waals surface area (Å²) in [6.07, 6.45) is 0. The molecule has 0 aromatic heterocycles. The molecule has 0 saturated carbocycles. The quantitative estimate of drug-likeness (QED) is 0.658. The van der Waals surface area contributed by atoms with Crippen LogP contribution in [0, 0.1) is 17.0 Å². The Morgan fingerprint density at radius 1 is 1.19 bits per heavy atom. The fourth-order valence-electron chi connectivity index (χ4n) is 3.02. The maximum atomic E-state index is 13.0. The Morgan fingerprint density at radius 3 is 2.54 bits per heavy atom. The molecule has 7 heteroatoms. The lowest BCUT2D eigenvalue weighted by molar-refractivity contribution is -0.384. The number of rotatable bonds is 5. The maximum absolute atomic E-state index is 13.0. The topological polar surface area (TPSA) is 84.7 Å². The van der Waals surface area contributed by atoms with Gasteiger partial charge < -0.3 is 10.1 Å². The molecule has 1 aliphatic rings. The average Bonchev–Trinajstić information content (AvgIpc) is 2.65. The molecule has 1 heterocycles. The van der Waals surface area contributed by atoms with Gasteiger partial charge in [-0.05, 0) is 24.6 Å². The van der Waals surface area contributed by atoms with Crippen molar-refractivity contribution in [1.29, 1.82) is 0 Å². The Labute approximate surface area is 151 Å². The number of benzene rings is 2. The summed E-state index contributed by atoms with van der Waals surface area (Å²) in [5, 5.41) is 14.0.